The molecule has 0 saturated carbocycles. The van der Waals surface area contributed by atoms with Gasteiger partial charge in [0.1, 0.15) is 6.04 Å². The van der Waals surface area contributed by atoms with E-state index in [1.165, 1.54) is 0 Å². The summed E-state index contributed by atoms with van der Waals surface area (Å²) in [5, 5.41) is 8.08. The van der Waals surface area contributed by atoms with E-state index >= 15 is 0 Å². The van der Waals surface area contributed by atoms with Gasteiger partial charge >= 0.3 is 43.1 Å². The second-order valence-corrected chi connectivity index (χ2v) is 3.49. The van der Waals surface area contributed by atoms with E-state index in [-0.39, 0.29) is 29.6 Å². The average Bonchev–Trinajstić information content (AvgIpc) is 1.60. The Morgan fingerprint density at radius 1 is 1.55 bits per heavy atom. The maximum atomic E-state index is 10.1. The van der Waals surface area contributed by atoms with Crippen LogP contribution in [0.1, 0.15) is 0 Å². The predicted molar refractivity (Wildman–Crippen MR) is 39.7 cm³/mol. The molecule has 0 heterocycles. The van der Waals surface area contributed by atoms with Gasteiger partial charge in [-0.15, -0.1) is 0 Å². The van der Waals surface area contributed by atoms with E-state index in [1.807, 2.05) is 0 Å². The topological polar surface area (TPSA) is 121 Å². The number of carboxylic acids is 1. The maximum absolute atomic E-state index is 10.1. The second kappa shape index (κ2) is 5.27. The molecule has 0 aromatic carbocycles. The van der Waals surface area contributed by atoms with Crippen LogP contribution in [0.5, 0.6) is 0 Å². The van der Waals surface area contributed by atoms with E-state index in [9.17, 15) is 9.36 Å². The molecule has 0 spiro atoms. The fourth-order valence-electron chi connectivity index (χ4n) is 0.334. The van der Waals surface area contributed by atoms with Crippen molar-refractivity contribution in [2.24, 2.45) is 5.73 Å². The SMILES string of the molecule is NC(CP(=O)(O)O)C(=O)O.[NaH]. The van der Waals surface area contributed by atoms with Crippen molar-refractivity contribution < 1.29 is 24.3 Å². The summed E-state index contributed by atoms with van der Waals surface area (Å²) in [5.74, 6) is -1.41. The third-order valence-electron chi connectivity index (χ3n) is 0.752. The molecule has 0 amide bonds. The van der Waals surface area contributed by atoms with E-state index in [0.717, 1.165) is 0 Å². The number of nitrogens with two attached hydrogens (primary N) is 1. The van der Waals surface area contributed by atoms with Crippen LogP contribution in [0.25, 0.3) is 0 Å². The van der Waals surface area contributed by atoms with Crippen LogP contribution in [0, 0.1) is 0 Å². The summed E-state index contributed by atoms with van der Waals surface area (Å²) >= 11 is 0. The van der Waals surface area contributed by atoms with Crippen LogP contribution in [0.2, 0.25) is 0 Å². The third-order valence-corrected chi connectivity index (χ3v) is 1.62. The van der Waals surface area contributed by atoms with Gasteiger partial charge in [-0.2, -0.15) is 0 Å². The van der Waals surface area contributed by atoms with E-state index in [0.29, 0.717) is 0 Å². The van der Waals surface area contributed by atoms with Crippen LogP contribution >= 0.6 is 7.60 Å². The molecular weight excluding hydrogens is 184 g/mol. The molecule has 0 saturated heterocycles. The molecule has 0 fully saturated rings. The van der Waals surface area contributed by atoms with Gasteiger partial charge in [0.15, 0.2) is 0 Å². The first-order chi connectivity index (χ1) is 4.33. The molecule has 5 N–H and O–H groups in total. The fraction of sp³-hybridized carbons (Fsp3) is 0.667. The number of rotatable bonds is 3. The normalized spacial score (nSPS) is 13.4. The monoisotopic (exact) mass is 193 g/mol. The molecular formula is C3H9NNaO5P. The van der Waals surface area contributed by atoms with Crippen LogP contribution in [0.4, 0.5) is 0 Å². The molecule has 0 aliphatic rings. The molecule has 8 heteroatoms. The summed E-state index contributed by atoms with van der Waals surface area (Å²) in [6, 6.07) is -1.49. The van der Waals surface area contributed by atoms with Crippen molar-refractivity contribution in [1.82, 2.24) is 0 Å². The molecule has 0 radical (unpaired) electrons. The molecule has 1 unspecified atom stereocenters. The zero-order valence-electron chi connectivity index (χ0n) is 4.97. The first-order valence-electron chi connectivity index (χ1n) is 2.36. The standard InChI is InChI=1S/C3H8NO5P.Na.H/c4-2(3(5)6)1-10(7,8)9;;/h2H,1,4H2,(H,5,6)(H2,7,8,9);;. The zero-order chi connectivity index (χ0) is 8.36. The van der Waals surface area contributed by atoms with Gasteiger partial charge in [0, 0.05) is 0 Å². The first-order valence-corrected chi connectivity index (χ1v) is 4.15. The minimum atomic E-state index is -4.28. The summed E-state index contributed by atoms with van der Waals surface area (Å²) in [4.78, 5) is 26.3. The zero-order valence-corrected chi connectivity index (χ0v) is 5.86. The summed E-state index contributed by atoms with van der Waals surface area (Å²) in [5.41, 5.74) is 4.81. The molecule has 62 valence electrons. The van der Waals surface area contributed by atoms with Crippen molar-refractivity contribution in [1.29, 1.82) is 0 Å². The number of carboxylic acid groups (broad SMARTS) is 1. The first kappa shape index (κ1) is 14.1. The molecule has 11 heavy (non-hydrogen) atoms. The van der Waals surface area contributed by atoms with Gasteiger partial charge in [-0.3, -0.25) is 9.36 Å². The van der Waals surface area contributed by atoms with Gasteiger partial charge in [-0.1, -0.05) is 0 Å². The molecule has 0 aliphatic heterocycles. The van der Waals surface area contributed by atoms with Crippen LogP contribution in [0.15, 0.2) is 0 Å². The van der Waals surface area contributed by atoms with Crippen molar-refractivity contribution in [3.63, 3.8) is 0 Å². The Kier molecular flexibility index (Phi) is 6.76. The summed E-state index contributed by atoms with van der Waals surface area (Å²) in [6.45, 7) is 0. The molecule has 0 aromatic heterocycles. The van der Waals surface area contributed by atoms with E-state index < -0.39 is 25.8 Å². The Labute approximate surface area is 85.2 Å². The Morgan fingerprint density at radius 3 is 2.00 bits per heavy atom. The van der Waals surface area contributed by atoms with Crippen LogP contribution in [-0.4, -0.2) is 62.6 Å². The van der Waals surface area contributed by atoms with E-state index in [1.54, 1.807) is 0 Å². The fourth-order valence-corrected chi connectivity index (χ4v) is 1.00. The minimum absolute atomic E-state index is 0. The van der Waals surface area contributed by atoms with E-state index in [4.69, 9.17) is 20.6 Å². The number of hydrogen-bond acceptors (Lipinski definition) is 3. The predicted octanol–water partition coefficient (Wildman–Crippen LogP) is -2.07. The van der Waals surface area contributed by atoms with Gasteiger partial charge < -0.3 is 20.6 Å². The van der Waals surface area contributed by atoms with Gasteiger partial charge in [0.05, 0.1) is 6.16 Å². The summed E-state index contributed by atoms with van der Waals surface area (Å²) in [6.07, 6.45) is -0.817. The van der Waals surface area contributed by atoms with Gasteiger partial charge in [0.2, 0.25) is 0 Å². The van der Waals surface area contributed by atoms with Gasteiger partial charge in [-0.25, -0.2) is 0 Å². The Bertz CT molecular complexity index is 179. The molecule has 0 aromatic rings. The average molecular weight is 193 g/mol. The van der Waals surface area contributed by atoms with E-state index in [2.05, 4.69) is 0 Å². The second-order valence-electron chi connectivity index (χ2n) is 1.79. The quantitative estimate of drug-likeness (QED) is 0.301. The number of hydrogen-bond donors (Lipinski definition) is 4. The Balaban J connectivity index is 0. The van der Waals surface area contributed by atoms with Crippen molar-refractivity contribution >= 4 is 43.1 Å². The van der Waals surface area contributed by atoms with Crippen molar-refractivity contribution in [3.8, 4) is 0 Å². The molecule has 6 nitrogen and oxygen atoms in total. The third kappa shape index (κ3) is 8.49. The summed E-state index contributed by atoms with van der Waals surface area (Å²) in [7, 11) is -4.28. The number of aliphatic carboxylic acids is 1. The molecule has 0 aliphatic carbocycles. The summed E-state index contributed by atoms with van der Waals surface area (Å²) < 4.78 is 10.1. The van der Waals surface area contributed by atoms with Crippen molar-refractivity contribution in [2.75, 3.05) is 6.16 Å². The Hall–Kier alpha value is 0.580. The van der Waals surface area contributed by atoms with Crippen LogP contribution in [-0.2, 0) is 9.36 Å². The van der Waals surface area contributed by atoms with Crippen LogP contribution in [0.3, 0.4) is 0 Å². The molecule has 0 bridgehead atoms. The van der Waals surface area contributed by atoms with Gasteiger partial charge in [0.25, 0.3) is 0 Å². The Morgan fingerprint density at radius 2 is 1.91 bits per heavy atom. The molecule has 0 rings (SSSR count). The number of carbonyl (C=O) groups is 1. The van der Waals surface area contributed by atoms with Crippen molar-refractivity contribution in [3.05, 3.63) is 0 Å². The molecule has 1 atom stereocenters. The van der Waals surface area contributed by atoms with Gasteiger partial charge in [-0.05, 0) is 0 Å². The van der Waals surface area contributed by atoms with Crippen molar-refractivity contribution in [2.45, 2.75) is 6.04 Å². The van der Waals surface area contributed by atoms with Crippen LogP contribution < -0.4 is 5.73 Å².